The number of pyridine rings is 1. The van der Waals surface area contributed by atoms with Gasteiger partial charge in [0, 0.05) is 13.1 Å². The van der Waals surface area contributed by atoms with Gasteiger partial charge < -0.3 is 10.6 Å². The second-order valence-corrected chi connectivity index (χ2v) is 4.73. The Hall–Kier alpha value is -2.19. The molecule has 21 heavy (non-hydrogen) atoms. The van der Waals surface area contributed by atoms with Crippen molar-refractivity contribution in [2.24, 2.45) is 17.6 Å². The summed E-state index contributed by atoms with van der Waals surface area (Å²) < 4.78 is 51.3. The van der Waals surface area contributed by atoms with Crippen molar-refractivity contribution >= 4 is 11.8 Å². The Labute approximate surface area is 116 Å². The molecule has 1 aromatic heterocycles. The number of nitrogens with zero attached hydrogens (tertiary/aromatic N) is 2. The minimum Gasteiger partial charge on any atom is -0.369 e. The molecule has 0 unspecified atom stereocenters. The van der Waals surface area contributed by atoms with Gasteiger partial charge in [-0.25, -0.2) is 9.37 Å². The van der Waals surface area contributed by atoms with Crippen LogP contribution in [0.15, 0.2) is 18.3 Å². The van der Waals surface area contributed by atoms with Crippen molar-refractivity contribution < 1.29 is 27.2 Å². The number of likely N-dealkylation sites (tertiary alicyclic amines) is 1. The Morgan fingerprint density at radius 3 is 2.38 bits per heavy atom. The summed E-state index contributed by atoms with van der Waals surface area (Å²) in [5, 5.41) is 0. The van der Waals surface area contributed by atoms with Crippen molar-refractivity contribution in [3.8, 4) is 0 Å². The van der Waals surface area contributed by atoms with Gasteiger partial charge in [0.15, 0.2) is 0 Å². The maximum Gasteiger partial charge on any atom is 0.394 e. The Kier molecular flexibility index (Phi) is 3.84. The van der Waals surface area contributed by atoms with E-state index in [-0.39, 0.29) is 5.69 Å². The second kappa shape index (κ2) is 5.30. The third-order valence-corrected chi connectivity index (χ3v) is 3.34. The highest BCUT2D eigenvalue weighted by Gasteiger charge is 2.52. The Morgan fingerprint density at radius 2 is 1.95 bits per heavy atom. The zero-order valence-electron chi connectivity index (χ0n) is 10.6. The number of halogens is 4. The maximum atomic E-state index is 12.9. The van der Waals surface area contributed by atoms with Crippen molar-refractivity contribution in [2.45, 2.75) is 6.18 Å². The molecule has 5 nitrogen and oxygen atoms in total. The van der Waals surface area contributed by atoms with Crippen molar-refractivity contribution in [1.82, 2.24) is 9.88 Å². The molecule has 1 saturated heterocycles. The van der Waals surface area contributed by atoms with E-state index in [1.165, 1.54) is 0 Å². The van der Waals surface area contributed by atoms with Crippen molar-refractivity contribution in [2.75, 3.05) is 13.1 Å². The molecule has 2 N–H and O–H groups in total. The number of primary amides is 1. The predicted octanol–water partition coefficient (Wildman–Crippen LogP) is 0.956. The smallest absolute Gasteiger partial charge is 0.369 e. The van der Waals surface area contributed by atoms with E-state index in [2.05, 4.69) is 4.98 Å². The van der Waals surface area contributed by atoms with Crippen LogP contribution in [0.2, 0.25) is 0 Å². The number of hydrogen-bond acceptors (Lipinski definition) is 3. The molecule has 0 spiro atoms. The van der Waals surface area contributed by atoms with Gasteiger partial charge in [-0.3, -0.25) is 9.59 Å². The summed E-state index contributed by atoms with van der Waals surface area (Å²) in [7, 11) is 0. The number of amides is 2. The molecule has 0 aromatic carbocycles. The molecule has 1 aromatic rings. The van der Waals surface area contributed by atoms with Crippen molar-refractivity contribution in [1.29, 1.82) is 0 Å². The Balaban J connectivity index is 2.20. The Bertz CT molecular complexity index is 559. The van der Waals surface area contributed by atoms with Gasteiger partial charge in [-0.05, 0) is 12.1 Å². The van der Waals surface area contributed by atoms with Crippen LogP contribution in [0.1, 0.15) is 10.5 Å². The van der Waals surface area contributed by atoms with E-state index in [1.807, 2.05) is 0 Å². The summed E-state index contributed by atoms with van der Waals surface area (Å²) in [5.74, 6) is -6.07. The molecule has 0 saturated carbocycles. The van der Waals surface area contributed by atoms with E-state index in [0.717, 1.165) is 23.2 Å². The van der Waals surface area contributed by atoms with Crippen LogP contribution in [0.3, 0.4) is 0 Å². The molecule has 0 bridgehead atoms. The zero-order valence-corrected chi connectivity index (χ0v) is 10.6. The molecule has 1 aliphatic heterocycles. The summed E-state index contributed by atoms with van der Waals surface area (Å²) >= 11 is 0. The van der Waals surface area contributed by atoms with E-state index >= 15 is 0 Å². The molecule has 1 fully saturated rings. The zero-order chi connectivity index (χ0) is 15.8. The maximum absolute atomic E-state index is 12.9. The first-order chi connectivity index (χ1) is 9.70. The third kappa shape index (κ3) is 3.11. The highest BCUT2D eigenvalue weighted by Crippen LogP contribution is 2.37. The monoisotopic (exact) mass is 305 g/mol. The first-order valence-electron chi connectivity index (χ1n) is 5.97. The summed E-state index contributed by atoms with van der Waals surface area (Å²) in [4.78, 5) is 27.5. The van der Waals surface area contributed by atoms with Crippen LogP contribution >= 0.6 is 0 Å². The number of rotatable bonds is 2. The molecule has 2 heterocycles. The van der Waals surface area contributed by atoms with Gasteiger partial charge in [0.1, 0.15) is 11.5 Å². The Morgan fingerprint density at radius 1 is 1.29 bits per heavy atom. The fourth-order valence-electron chi connectivity index (χ4n) is 2.25. The van der Waals surface area contributed by atoms with E-state index in [4.69, 9.17) is 5.73 Å². The first-order valence-corrected chi connectivity index (χ1v) is 5.97. The molecule has 2 rings (SSSR count). The van der Waals surface area contributed by atoms with E-state index < -0.39 is 48.7 Å². The number of aromatic nitrogens is 1. The summed E-state index contributed by atoms with van der Waals surface area (Å²) in [6, 6.07) is 2.04. The fourth-order valence-corrected chi connectivity index (χ4v) is 2.25. The van der Waals surface area contributed by atoms with Crippen LogP contribution in [0, 0.1) is 17.7 Å². The first kappa shape index (κ1) is 15.2. The average Bonchev–Trinajstić information content (AvgIpc) is 2.84. The minimum absolute atomic E-state index is 0.192. The highest BCUT2D eigenvalue weighted by molar-refractivity contribution is 5.93. The van der Waals surface area contributed by atoms with Crippen LogP contribution in [0.5, 0.6) is 0 Å². The normalized spacial score (nSPS) is 22.4. The largest absolute Gasteiger partial charge is 0.394 e. The third-order valence-electron chi connectivity index (χ3n) is 3.34. The lowest BCUT2D eigenvalue weighted by Crippen LogP contribution is -2.37. The molecule has 0 radical (unpaired) electrons. The molecular weight excluding hydrogens is 294 g/mol. The van der Waals surface area contributed by atoms with Crippen LogP contribution in [0.25, 0.3) is 0 Å². The minimum atomic E-state index is -4.63. The average molecular weight is 305 g/mol. The van der Waals surface area contributed by atoms with Gasteiger partial charge in [-0.15, -0.1) is 0 Å². The van der Waals surface area contributed by atoms with Gasteiger partial charge >= 0.3 is 6.18 Å². The molecule has 114 valence electrons. The molecule has 9 heteroatoms. The predicted molar refractivity (Wildman–Crippen MR) is 62.3 cm³/mol. The lowest BCUT2D eigenvalue weighted by molar-refractivity contribution is -0.182. The summed E-state index contributed by atoms with van der Waals surface area (Å²) in [5.41, 5.74) is 4.77. The van der Waals surface area contributed by atoms with E-state index in [1.54, 1.807) is 0 Å². The van der Waals surface area contributed by atoms with E-state index in [0.29, 0.717) is 0 Å². The van der Waals surface area contributed by atoms with Gasteiger partial charge in [0.25, 0.3) is 5.91 Å². The molecular formula is C12H11F4N3O2. The van der Waals surface area contributed by atoms with Crippen LogP contribution in [-0.4, -0.2) is 41.0 Å². The molecule has 0 aliphatic carbocycles. The second-order valence-electron chi connectivity index (χ2n) is 4.73. The van der Waals surface area contributed by atoms with Crippen molar-refractivity contribution in [3.05, 3.63) is 29.8 Å². The number of carbonyl (C=O) groups is 2. The SMILES string of the molecule is NC(=O)[C@@H]1CN(C(=O)c2ccc(F)cn2)C[C@H]1C(F)(F)F. The van der Waals surface area contributed by atoms with Gasteiger partial charge in [-0.1, -0.05) is 0 Å². The molecule has 1 aliphatic rings. The lowest BCUT2D eigenvalue weighted by atomic mass is 9.95. The van der Waals surface area contributed by atoms with Crippen LogP contribution in [-0.2, 0) is 4.79 Å². The lowest BCUT2D eigenvalue weighted by Gasteiger charge is -2.18. The van der Waals surface area contributed by atoms with Crippen LogP contribution < -0.4 is 5.73 Å². The topological polar surface area (TPSA) is 76.3 Å². The fraction of sp³-hybridized carbons (Fsp3) is 0.417. The van der Waals surface area contributed by atoms with Crippen LogP contribution in [0.4, 0.5) is 17.6 Å². The number of alkyl halides is 3. The number of hydrogen-bond donors (Lipinski definition) is 1. The number of carbonyl (C=O) groups excluding carboxylic acids is 2. The van der Waals surface area contributed by atoms with Gasteiger partial charge in [0.2, 0.25) is 5.91 Å². The number of nitrogens with two attached hydrogens (primary N) is 1. The molecule has 2 atom stereocenters. The van der Waals surface area contributed by atoms with Gasteiger partial charge in [0.05, 0.1) is 18.0 Å². The standard InChI is InChI=1S/C12H11F4N3O2/c13-6-1-2-9(18-3-6)11(21)19-4-7(10(17)20)8(5-19)12(14,15)16/h1-3,7-8H,4-5H2,(H2,17,20)/t7-,8-/m1/s1. The van der Waals surface area contributed by atoms with Gasteiger partial charge in [-0.2, -0.15) is 13.2 Å². The highest BCUT2D eigenvalue weighted by atomic mass is 19.4. The van der Waals surface area contributed by atoms with E-state index in [9.17, 15) is 27.2 Å². The summed E-state index contributed by atoms with van der Waals surface area (Å²) in [6.07, 6.45) is -3.85. The van der Waals surface area contributed by atoms with Crippen molar-refractivity contribution in [3.63, 3.8) is 0 Å². The summed E-state index contributed by atoms with van der Waals surface area (Å²) in [6.45, 7) is -1.10. The quantitative estimate of drug-likeness (QED) is 0.827. The molecule has 2 amide bonds.